The first-order valence-electron chi connectivity index (χ1n) is 4.82. The molecule has 16 heavy (non-hydrogen) atoms. The van der Waals surface area contributed by atoms with Crippen molar-refractivity contribution in [2.75, 3.05) is 19.8 Å². The van der Waals surface area contributed by atoms with Gasteiger partial charge in [-0.2, -0.15) is 0 Å². The number of rotatable bonds is 2. The van der Waals surface area contributed by atoms with E-state index >= 15 is 0 Å². The molecule has 0 saturated heterocycles. The van der Waals surface area contributed by atoms with Gasteiger partial charge in [0.05, 0.1) is 18.2 Å². The molecule has 0 aliphatic carbocycles. The molecule has 0 aromatic heterocycles. The number of aliphatic hydroxyl groups excluding tert-OH is 1. The van der Waals surface area contributed by atoms with Crippen molar-refractivity contribution in [1.82, 2.24) is 0 Å². The second-order valence-corrected chi connectivity index (χ2v) is 3.44. The number of phenolic OH excluding ortho intramolecular Hbond substituents is 1. The van der Waals surface area contributed by atoms with Gasteiger partial charge in [-0.25, -0.2) is 4.39 Å². The van der Waals surface area contributed by atoms with E-state index in [4.69, 9.17) is 20.3 Å². The number of aromatic hydroxyl groups is 1. The summed E-state index contributed by atoms with van der Waals surface area (Å²) < 4.78 is 24.1. The van der Waals surface area contributed by atoms with Crippen LogP contribution in [0.5, 0.6) is 17.2 Å². The monoisotopic (exact) mass is 229 g/mol. The van der Waals surface area contributed by atoms with E-state index in [-0.39, 0.29) is 23.7 Å². The molecule has 0 saturated carbocycles. The fraction of sp³-hybridized carbons (Fsp3) is 0.400. The first-order valence-corrected chi connectivity index (χ1v) is 4.82. The predicted molar refractivity (Wildman–Crippen MR) is 53.1 cm³/mol. The molecule has 1 aromatic rings. The Hall–Kier alpha value is -1.53. The smallest absolute Gasteiger partial charge is 0.173 e. The Morgan fingerprint density at radius 3 is 2.81 bits per heavy atom. The molecule has 88 valence electrons. The molecule has 6 heteroatoms. The van der Waals surface area contributed by atoms with Crippen molar-refractivity contribution in [2.45, 2.75) is 6.04 Å². The molecule has 1 heterocycles. The zero-order valence-corrected chi connectivity index (χ0v) is 8.44. The highest BCUT2D eigenvalue weighted by Gasteiger charge is 2.26. The largest absolute Gasteiger partial charge is 0.505 e. The van der Waals surface area contributed by atoms with Gasteiger partial charge < -0.3 is 25.4 Å². The Bertz CT molecular complexity index is 410. The average molecular weight is 229 g/mol. The molecule has 1 atom stereocenters. The van der Waals surface area contributed by atoms with Gasteiger partial charge in [-0.3, -0.25) is 0 Å². The van der Waals surface area contributed by atoms with E-state index < -0.39 is 24.2 Å². The van der Waals surface area contributed by atoms with Crippen LogP contribution in [0.2, 0.25) is 0 Å². The van der Waals surface area contributed by atoms with Crippen LogP contribution in [0, 0.1) is 5.82 Å². The van der Waals surface area contributed by atoms with Crippen molar-refractivity contribution >= 4 is 0 Å². The van der Waals surface area contributed by atoms with Crippen molar-refractivity contribution in [3.05, 3.63) is 17.4 Å². The van der Waals surface area contributed by atoms with E-state index in [0.717, 1.165) is 6.07 Å². The number of hydrogen-bond donors (Lipinski definition) is 3. The lowest BCUT2D eigenvalue weighted by Crippen LogP contribution is -2.22. The van der Waals surface area contributed by atoms with E-state index in [2.05, 4.69) is 0 Å². The van der Waals surface area contributed by atoms with Gasteiger partial charge in [0.15, 0.2) is 23.1 Å². The Kier molecular flexibility index (Phi) is 2.84. The maximum atomic E-state index is 13.7. The van der Waals surface area contributed by atoms with Crippen LogP contribution >= 0.6 is 0 Å². The lowest BCUT2D eigenvalue weighted by atomic mass is 10.0. The molecule has 0 fully saturated rings. The average Bonchev–Trinajstić information content (AvgIpc) is 2.30. The fourth-order valence-corrected chi connectivity index (χ4v) is 1.60. The van der Waals surface area contributed by atoms with Gasteiger partial charge in [0.2, 0.25) is 0 Å². The highest BCUT2D eigenvalue weighted by Crippen LogP contribution is 2.42. The van der Waals surface area contributed by atoms with Gasteiger partial charge in [-0.05, 0) is 0 Å². The van der Waals surface area contributed by atoms with Crippen LogP contribution in [0.4, 0.5) is 4.39 Å². The maximum absolute atomic E-state index is 13.7. The minimum atomic E-state index is -0.956. The highest BCUT2D eigenvalue weighted by atomic mass is 19.1. The van der Waals surface area contributed by atoms with E-state index in [1.54, 1.807) is 0 Å². The molecule has 0 spiro atoms. The maximum Gasteiger partial charge on any atom is 0.173 e. The van der Waals surface area contributed by atoms with Gasteiger partial charge in [-0.15, -0.1) is 0 Å². The molecule has 2 rings (SSSR count). The van der Waals surface area contributed by atoms with Crippen molar-refractivity contribution < 1.29 is 24.1 Å². The second-order valence-electron chi connectivity index (χ2n) is 3.44. The van der Waals surface area contributed by atoms with Gasteiger partial charge in [0, 0.05) is 6.07 Å². The third-order valence-corrected chi connectivity index (χ3v) is 2.35. The first kappa shape index (κ1) is 11.0. The van der Waals surface area contributed by atoms with E-state index in [1.165, 1.54) is 0 Å². The summed E-state index contributed by atoms with van der Waals surface area (Å²) in [6.07, 6.45) is 0. The summed E-state index contributed by atoms with van der Waals surface area (Å²) in [6.45, 7) is 0.157. The van der Waals surface area contributed by atoms with Crippen molar-refractivity contribution in [1.29, 1.82) is 0 Å². The van der Waals surface area contributed by atoms with Gasteiger partial charge in [0.25, 0.3) is 0 Å². The minimum absolute atomic E-state index is 0.0581. The zero-order valence-electron chi connectivity index (χ0n) is 8.44. The Balaban J connectivity index is 2.59. The quantitative estimate of drug-likeness (QED) is 0.679. The van der Waals surface area contributed by atoms with Crippen molar-refractivity contribution in [2.24, 2.45) is 5.73 Å². The lowest BCUT2D eigenvalue weighted by molar-refractivity contribution is 0.164. The third kappa shape index (κ3) is 1.66. The number of ether oxygens (including phenoxy) is 2. The summed E-state index contributed by atoms with van der Waals surface area (Å²) in [7, 11) is 0. The zero-order chi connectivity index (χ0) is 11.7. The summed E-state index contributed by atoms with van der Waals surface area (Å²) in [5.74, 6) is -1.05. The summed E-state index contributed by atoms with van der Waals surface area (Å²) in [4.78, 5) is 0. The minimum Gasteiger partial charge on any atom is -0.505 e. The summed E-state index contributed by atoms with van der Waals surface area (Å²) >= 11 is 0. The van der Waals surface area contributed by atoms with E-state index in [1.807, 2.05) is 0 Å². The molecular formula is C10H12FNO4. The van der Waals surface area contributed by atoms with E-state index in [0.29, 0.717) is 6.61 Å². The van der Waals surface area contributed by atoms with Gasteiger partial charge >= 0.3 is 0 Å². The van der Waals surface area contributed by atoms with Crippen LogP contribution in [0.3, 0.4) is 0 Å². The molecule has 4 N–H and O–H groups in total. The van der Waals surface area contributed by atoms with Crippen LogP contribution in [0.25, 0.3) is 0 Å². The number of aliphatic hydroxyl groups is 1. The van der Waals surface area contributed by atoms with Gasteiger partial charge in [-0.1, -0.05) is 0 Å². The van der Waals surface area contributed by atoms with Crippen LogP contribution < -0.4 is 15.2 Å². The molecule has 0 bridgehead atoms. The number of fused-ring (bicyclic) bond motifs is 1. The van der Waals surface area contributed by atoms with Crippen LogP contribution in [0.1, 0.15) is 11.6 Å². The predicted octanol–water partition coefficient (Wildman–Crippen LogP) is 0.295. The second kappa shape index (κ2) is 4.15. The normalized spacial score (nSPS) is 15.9. The fourth-order valence-electron chi connectivity index (χ4n) is 1.60. The molecule has 0 radical (unpaired) electrons. The summed E-state index contributed by atoms with van der Waals surface area (Å²) in [6, 6.07) is 0.180. The lowest BCUT2D eigenvalue weighted by Gasteiger charge is -2.23. The van der Waals surface area contributed by atoms with Crippen molar-refractivity contribution in [3.63, 3.8) is 0 Å². The van der Waals surface area contributed by atoms with Gasteiger partial charge in [0.1, 0.15) is 13.2 Å². The number of halogens is 1. The SMILES string of the molecule is NC(CO)c1c(F)c(O)cc2c1OCCO2. The molecule has 0 amide bonds. The Morgan fingerprint density at radius 1 is 1.44 bits per heavy atom. The molecule has 5 nitrogen and oxygen atoms in total. The standard InChI is InChI=1S/C10H12FNO4/c11-9-6(14)3-7-10(16-2-1-15-7)8(9)5(12)4-13/h3,5,13-14H,1-2,4,12H2. The summed E-state index contributed by atoms with van der Waals surface area (Å²) in [5, 5.41) is 18.3. The molecule has 1 aromatic carbocycles. The van der Waals surface area contributed by atoms with Crippen LogP contribution in [0.15, 0.2) is 6.07 Å². The highest BCUT2D eigenvalue weighted by molar-refractivity contribution is 5.54. The topological polar surface area (TPSA) is 84.9 Å². The number of phenols is 1. The van der Waals surface area contributed by atoms with Crippen molar-refractivity contribution in [3.8, 4) is 17.2 Å². The molecular weight excluding hydrogens is 217 g/mol. The summed E-state index contributed by atoms with van der Waals surface area (Å²) in [5.41, 5.74) is 5.49. The molecule has 1 aliphatic rings. The third-order valence-electron chi connectivity index (χ3n) is 2.35. The Morgan fingerprint density at radius 2 is 2.12 bits per heavy atom. The van der Waals surface area contributed by atoms with Crippen LogP contribution in [-0.4, -0.2) is 30.0 Å². The molecule has 1 unspecified atom stereocenters. The molecule has 1 aliphatic heterocycles. The number of benzene rings is 1. The number of nitrogens with two attached hydrogens (primary N) is 1. The first-order chi connectivity index (χ1) is 7.65. The van der Waals surface area contributed by atoms with E-state index in [9.17, 15) is 9.50 Å². The number of hydrogen-bond acceptors (Lipinski definition) is 5. The Labute approximate surface area is 91.2 Å². The van der Waals surface area contributed by atoms with Crippen LogP contribution in [-0.2, 0) is 0 Å².